The van der Waals surface area contributed by atoms with E-state index in [0.717, 1.165) is 22.9 Å². The Labute approximate surface area is 309 Å². The zero-order valence-electron chi connectivity index (χ0n) is 28.4. The van der Waals surface area contributed by atoms with Crippen LogP contribution in [0.4, 0.5) is 0 Å². The Kier molecular flexibility index (Phi) is 8.63. The molecule has 0 aromatic heterocycles. The van der Waals surface area contributed by atoms with Gasteiger partial charge in [0, 0.05) is 0 Å². The molecule has 0 saturated heterocycles. The number of benzene rings is 4. The molecule has 0 amide bonds. The zero-order chi connectivity index (χ0) is 32.4. The maximum atomic E-state index is 6.85. The van der Waals surface area contributed by atoms with Crippen molar-refractivity contribution >= 4 is 69.9 Å². The summed E-state index contributed by atoms with van der Waals surface area (Å²) in [5, 5.41) is 1.50. The summed E-state index contributed by atoms with van der Waals surface area (Å²) in [7, 11) is 0. The molecular weight excluding hydrogens is 750 g/mol. The van der Waals surface area contributed by atoms with Crippen LogP contribution < -0.4 is 6.54 Å². The van der Waals surface area contributed by atoms with Gasteiger partial charge in [0.15, 0.2) is 0 Å². The van der Waals surface area contributed by atoms with Crippen LogP contribution >= 0.6 is 48.0 Å². The quantitative estimate of drug-likeness (QED) is 0.170. The average Bonchev–Trinajstić information content (AvgIpc) is 3.76. The van der Waals surface area contributed by atoms with Crippen molar-refractivity contribution in [1.29, 1.82) is 0 Å². The molecule has 0 radical (unpaired) electrons. The van der Waals surface area contributed by atoms with Crippen molar-refractivity contribution in [2.24, 2.45) is 0 Å². The molecule has 0 saturated carbocycles. The van der Waals surface area contributed by atoms with E-state index < -0.39 is 18.3 Å². The molecule has 0 nitrogen and oxygen atoms in total. The SMILES string of the molecule is Cl.Cl.[CH2]=[Zr]([C]1=CC=CC1)([C]1=C(C)c2cc3c(cc2C1(C)C)Cc1cc2c(cc1-3)C(C)=CC2(C)C)([c]1cccc(Cl)c1)[c]1cccc(Cl)c1. The topological polar surface area (TPSA) is 0 Å². The summed E-state index contributed by atoms with van der Waals surface area (Å²) in [5.74, 6) is 0. The van der Waals surface area contributed by atoms with Gasteiger partial charge in [-0.2, -0.15) is 0 Å². The first-order valence-corrected chi connectivity index (χ1v) is 23.8. The normalized spacial score (nSPS) is 17.9. The summed E-state index contributed by atoms with van der Waals surface area (Å²) in [4.78, 5) is 0. The molecule has 0 heterocycles. The maximum absolute atomic E-state index is 6.85. The van der Waals surface area contributed by atoms with E-state index in [1.807, 2.05) is 12.1 Å². The molecule has 5 heteroatoms. The molecule has 0 spiro atoms. The van der Waals surface area contributed by atoms with Crippen molar-refractivity contribution in [3.8, 4) is 11.1 Å². The minimum absolute atomic E-state index is 0. The fourth-order valence-corrected chi connectivity index (χ4v) is 28.9. The molecule has 0 unspecified atom stereocenters. The van der Waals surface area contributed by atoms with Gasteiger partial charge in [0.05, 0.1) is 0 Å². The van der Waals surface area contributed by atoms with Gasteiger partial charge in [0.2, 0.25) is 0 Å². The van der Waals surface area contributed by atoms with Gasteiger partial charge in [-0.15, -0.1) is 24.8 Å². The summed E-state index contributed by atoms with van der Waals surface area (Å²) in [5.41, 5.74) is 13.9. The molecule has 0 atom stereocenters. The van der Waals surface area contributed by atoms with Crippen LogP contribution in [-0.4, -0.2) is 4.21 Å². The van der Waals surface area contributed by atoms with Gasteiger partial charge in [-0.25, -0.2) is 0 Å². The van der Waals surface area contributed by atoms with E-state index in [1.54, 1.807) is 0 Å². The number of fused-ring (bicyclic) bond motifs is 5. The summed E-state index contributed by atoms with van der Waals surface area (Å²) >= 11 is 8.78. The predicted molar refractivity (Wildman–Crippen MR) is 213 cm³/mol. The van der Waals surface area contributed by atoms with Gasteiger partial charge >= 0.3 is 287 Å². The fraction of sp³-hybridized carbons (Fsp3) is 0.233. The molecule has 4 aliphatic rings. The van der Waals surface area contributed by atoms with Crippen LogP contribution in [0, 0.1) is 0 Å². The van der Waals surface area contributed by atoms with Crippen LogP contribution in [0.25, 0.3) is 22.3 Å². The molecule has 246 valence electrons. The fourth-order valence-electron chi connectivity index (χ4n) is 10.0. The molecule has 4 aliphatic carbocycles. The third-order valence-corrected chi connectivity index (χ3v) is 29.7. The van der Waals surface area contributed by atoms with E-state index in [-0.39, 0.29) is 35.6 Å². The number of hydrogen-bond acceptors (Lipinski definition) is 0. The summed E-state index contributed by atoms with van der Waals surface area (Å²) in [6.07, 6.45) is 11.1. The first-order valence-electron chi connectivity index (χ1n) is 16.4. The van der Waals surface area contributed by atoms with Crippen molar-refractivity contribution in [1.82, 2.24) is 0 Å². The van der Waals surface area contributed by atoms with E-state index in [1.165, 1.54) is 68.8 Å². The number of rotatable bonds is 4. The van der Waals surface area contributed by atoms with Crippen molar-refractivity contribution in [2.45, 2.75) is 65.2 Å². The van der Waals surface area contributed by atoms with Gasteiger partial charge in [0.25, 0.3) is 0 Å². The van der Waals surface area contributed by atoms with Crippen LogP contribution in [0.1, 0.15) is 81.3 Å². The van der Waals surface area contributed by atoms with E-state index >= 15 is 0 Å². The number of hydrogen-bond donors (Lipinski definition) is 0. The first-order chi connectivity index (χ1) is 21.7. The molecular formula is C43H42Cl4Zr. The van der Waals surface area contributed by atoms with Crippen LogP contribution in [0.2, 0.25) is 10.0 Å². The molecule has 0 fully saturated rings. The Morgan fingerprint density at radius 2 is 1.27 bits per heavy atom. The Bertz CT molecular complexity index is 2210. The van der Waals surface area contributed by atoms with Crippen LogP contribution in [0.5, 0.6) is 0 Å². The van der Waals surface area contributed by atoms with Crippen molar-refractivity contribution in [3.05, 3.63) is 147 Å². The Morgan fingerprint density at radius 3 is 1.81 bits per heavy atom. The van der Waals surface area contributed by atoms with Crippen LogP contribution in [0.15, 0.2) is 104 Å². The van der Waals surface area contributed by atoms with Gasteiger partial charge in [0.1, 0.15) is 0 Å². The zero-order valence-corrected chi connectivity index (χ0v) is 34.0. The van der Waals surface area contributed by atoms with E-state index in [9.17, 15) is 0 Å². The van der Waals surface area contributed by atoms with Crippen molar-refractivity contribution in [3.63, 3.8) is 0 Å². The molecule has 0 aliphatic heterocycles. The second kappa shape index (κ2) is 11.7. The first kappa shape index (κ1) is 35.6. The third kappa shape index (κ3) is 4.61. The second-order valence-electron chi connectivity index (χ2n) is 15.3. The van der Waals surface area contributed by atoms with Gasteiger partial charge in [-0.1, -0.05) is 0 Å². The average molecular weight is 792 g/mol. The molecule has 48 heavy (non-hydrogen) atoms. The molecule has 8 rings (SSSR count). The van der Waals surface area contributed by atoms with Crippen molar-refractivity contribution in [2.75, 3.05) is 0 Å². The third-order valence-electron chi connectivity index (χ3n) is 11.9. The summed E-state index contributed by atoms with van der Waals surface area (Å²) in [6, 6.07) is 27.2. The van der Waals surface area contributed by atoms with E-state index in [0.29, 0.717) is 0 Å². The van der Waals surface area contributed by atoms with Gasteiger partial charge in [-0.3, -0.25) is 0 Å². The van der Waals surface area contributed by atoms with Crippen LogP contribution in [0.3, 0.4) is 0 Å². The van der Waals surface area contributed by atoms with E-state index in [2.05, 4.69) is 127 Å². The molecule has 4 aromatic rings. The monoisotopic (exact) mass is 788 g/mol. The number of halogens is 4. The Hall–Kier alpha value is -2.25. The predicted octanol–water partition coefficient (Wildman–Crippen LogP) is 11.7. The molecule has 0 N–H and O–H groups in total. The van der Waals surface area contributed by atoms with Crippen molar-refractivity contribution < 1.29 is 18.3 Å². The summed E-state index contributed by atoms with van der Waals surface area (Å²) in [6.45, 7) is 14.2. The Morgan fingerprint density at radius 1 is 0.708 bits per heavy atom. The van der Waals surface area contributed by atoms with E-state index in [4.69, 9.17) is 27.4 Å². The van der Waals surface area contributed by atoms with Gasteiger partial charge in [-0.05, 0) is 0 Å². The molecule has 4 aromatic carbocycles. The number of allylic oxidation sites excluding steroid dienone is 8. The molecule has 0 bridgehead atoms. The minimum atomic E-state index is -4.92. The summed E-state index contributed by atoms with van der Waals surface area (Å²) < 4.78 is 11.1. The van der Waals surface area contributed by atoms with Crippen LogP contribution in [-0.2, 0) is 35.5 Å². The standard InChI is InChI=1S/C25H25.2C6H4Cl.C5H5.CH2.2ClH.Zr/c1-14-12-24(3,4)22-8-16-7-17-9-23-19(15(2)13-25(23,5)6)11-21(17)20(16)10-18(14)22;2*7-6-4-2-1-3-5-6;1-2-4-5-3-1;;;;/h8-12H,7H2,1-6H3;2*1-2,4-5H;1-3H,4H2;1H2;2*1H;. The van der Waals surface area contributed by atoms with Gasteiger partial charge < -0.3 is 0 Å². The second-order valence-corrected chi connectivity index (χ2v) is 28.9. The Balaban J connectivity index is 0.00000201.